The summed E-state index contributed by atoms with van der Waals surface area (Å²) in [6.45, 7) is 3.59. The Balaban J connectivity index is 1.92. The van der Waals surface area contributed by atoms with Crippen molar-refractivity contribution in [3.05, 3.63) is 29.3 Å². The van der Waals surface area contributed by atoms with Crippen molar-refractivity contribution >= 4 is 11.6 Å². The lowest BCUT2D eigenvalue weighted by molar-refractivity contribution is 0.0251. The second-order valence-corrected chi connectivity index (χ2v) is 5.27. The van der Waals surface area contributed by atoms with Crippen molar-refractivity contribution in [2.45, 2.75) is 31.9 Å². The molecule has 0 bridgehead atoms. The van der Waals surface area contributed by atoms with E-state index in [2.05, 4.69) is 0 Å². The summed E-state index contributed by atoms with van der Waals surface area (Å²) < 4.78 is 11.3. The third kappa shape index (κ3) is 3.61. The highest BCUT2D eigenvalue weighted by atomic mass is 35.5. The monoisotopic (exact) mass is 269 g/mol. The van der Waals surface area contributed by atoms with Crippen molar-refractivity contribution in [3.63, 3.8) is 0 Å². The standard InChI is InChI=1S/C14H20ClNO2/c1-10(14(16)11-4-3-7-17-9-11)18-13-6-2-5-12(15)8-13/h2,5-6,8,10-11,14H,3-4,7,9,16H2,1H3. The molecule has 2 rings (SSSR count). The van der Waals surface area contributed by atoms with Gasteiger partial charge in [-0.05, 0) is 38.0 Å². The lowest BCUT2D eigenvalue weighted by Crippen LogP contribution is -2.45. The van der Waals surface area contributed by atoms with Gasteiger partial charge in [-0.25, -0.2) is 0 Å². The molecule has 0 spiro atoms. The molecule has 1 saturated heterocycles. The fourth-order valence-electron chi connectivity index (χ4n) is 2.29. The minimum absolute atomic E-state index is 0.00992. The molecule has 1 aliphatic rings. The van der Waals surface area contributed by atoms with Gasteiger partial charge in [0.2, 0.25) is 0 Å². The Labute approximate surface area is 113 Å². The number of benzene rings is 1. The van der Waals surface area contributed by atoms with E-state index >= 15 is 0 Å². The Morgan fingerprint density at radius 1 is 1.50 bits per heavy atom. The molecule has 0 saturated carbocycles. The number of rotatable bonds is 4. The van der Waals surface area contributed by atoms with Gasteiger partial charge in [0, 0.05) is 23.6 Å². The molecule has 1 heterocycles. The molecule has 1 aliphatic heterocycles. The minimum atomic E-state index is -0.0461. The molecule has 0 aromatic heterocycles. The van der Waals surface area contributed by atoms with Crippen LogP contribution in [0.5, 0.6) is 5.75 Å². The Hall–Kier alpha value is -0.770. The van der Waals surface area contributed by atoms with E-state index in [-0.39, 0.29) is 12.1 Å². The van der Waals surface area contributed by atoms with Gasteiger partial charge in [0.25, 0.3) is 0 Å². The summed E-state index contributed by atoms with van der Waals surface area (Å²) in [6.07, 6.45) is 2.15. The van der Waals surface area contributed by atoms with Crippen molar-refractivity contribution in [2.24, 2.45) is 11.7 Å². The van der Waals surface area contributed by atoms with Crippen molar-refractivity contribution < 1.29 is 9.47 Å². The Kier molecular flexibility index (Phi) is 4.87. The number of ether oxygens (including phenoxy) is 2. The van der Waals surface area contributed by atoms with E-state index in [0.29, 0.717) is 10.9 Å². The Morgan fingerprint density at radius 3 is 3.00 bits per heavy atom. The SMILES string of the molecule is CC(Oc1cccc(Cl)c1)C(N)C1CCCOC1. The van der Waals surface area contributed by atoms with Crippen LogP contribution in [0.4, 0.5) is 0 Å². The van der Waals surface area contributed by atoms with Crippen LogP contribution in [0.2, 0.25) is 5.02 Å². The molecule has 2 N–H and O–H groups in total. The Bertz CT molecular complexity index is 380. The first kappa shape index (κ1) is 13.7. The van der Waals surface area contributed by atoms with Crippen molar-refractivity contribution in [1.29, 1.82) is 0 Å². The average Bonchev–Trinajstić information content (AvgIpc) is 2.39. The maximum atomic E-state index is 6.24. The van der Waals surface area contributed by atoms with Gasteiger partial charge in [0.1, 0.15) is 11.9 Å². The van der Waals surface area contributed by atoms with Gasteiger partial charge in [0.05, 0.1) is 6.61 Å². The van der Waals surface area contributed by atoms with E-state index in [0.717, 1.165) is 31.8 Å². The molecule has 1 aromatic rings. The van der Waals surface area contributed by atoms with Crippen molar-refractivity contribution in [1.82, 2.24) is 0 Å². The van der Waals surface area contributed by atoms with E-state index in [1.54, 1.807) is 0 Å². The van der Waals surface area contributed by atoms with Gasteiger partial charge in [0.15, 0.2) is 0 Å². The van der Waals surface area contributed by atoms with Gasteiger partial charge < -0.3 is 15.2 Å². The van der Waals surface area contributed by atoms with Crippen LogP contribution >= 0.6 is 11.6 Å². The number of hydrogen-bond acceptors (Lipinski definition) is 3. The predicted molar refractivity (Wildman–Crippen MR) is 73.1 cm³/mol. The smallest absolute Gasteiger partial charge is 0.121 e. The zero-order valence-corrected chi connectivity index (χ0v) is 11.4. The molecule has 3 nitrogen and oxygen atoms in total. The molecule has 100 valence electrons. The summed E-state index contributed by atoms with van der Waals surface area (Å²) in [4.78, 5) is 0. The third-order valence-corrected chi connectivity index (χ3v) is 3.64. The van der Waals surface area contributed by atoms with E-state index in [1.165, 1.54) is 0 Å². The quantitative estimate of drug-likeness (QED) is 0.914. The van der Waals surface area contributed by atoms with Crippen LogP contribution in [0.3, 0.4) is 0 Å². The molecule has 1 fully saturated rings. The van der Waals surface area contributed by atoms with Gasteiger partial charge in [-0.1, -0.05) is 17.7 Å². The molecule has 0 aliphatic carbocycles. The van der Waals surface area contributed by atoms with Crippen LogP contribution in [0.1, 0.15) is 19.8 Å². The molecule has 0 radical (unpaired) electrons. The van der Waals surface area contributed by atoms with Crippen LogP contribution in [0.25, 0.3) is 0 Å². The third-order valence-electron chi connectivity index (χ3n) is 3.40. The highest BCUT2D eigenvalue weighted by Crippen LogP contribution is 2.23. The van der Waals surface area contributed by atoms with Crippen LogP contribution in [-0.2, 0) is 4.74 Å². The first-order valence-electron chi connectivity index (χ1n) is 6.42. The van der Waals surface area contributed by atoms with Gasteiger partial charge in [-0.2, -0.15) is 0 Å². The molecule has 4 heteroatoms. The lowest BCUT2D eigenvalue weighted by Gasteiger charge is -2.31. The molecule has 3 unspecified atom stereocenters. The number of hydrogen-bond donors (Lipinski definition) is 1. The zero-order valence-electron chi connectivity index (χ0n) is 10.6. The van der Waals surface area contributed by atoms with Crippen molar-refractivity contribution in [2.75, 3.05) is 13.2 Å². The maximum absolute atomic E-state index is 6.24. The van der Waals surface area contributed by atoms with Crippen LogP contribution < -0.4 is 10.5 Å². The van der Waals surface area contributed by atoms with Crippen LogP contribution in [0, 0.1) is 5.92 Å². The summed E-state index contributed by atoms with van der Waals surface area (Å²) in [7, 11) is 0. The van der Waals surface area contributed by atoms with Gasteiger partial charge >= 0.3 is 0 Å². The highest BCUT2D eigenvalue weighted by molar-refractivity contribution is 6.30. The summed E-state index contributed by atoms with van der Waals surface area (Å²) in [5, 5.41) is 0.675. The number of halogens is 1. The summed E-state index contributed by atoms with van der Waals surface area (Å²) in [6, 6.07) is 7.40. The fraction of sp³-hybridized carbons (Fsp3) is 0.571. The Morgan fingerprint density at radius 2 is 2.33 bits per heavy atom. The highest BCUT2D eigenvalue weighted by Gasteiger charge is 2.26. The molecule has 3 atom stereocenters. The molecule has 18 heavy (non-hydrogen) atoms. The van der Waals surface area contributed by atoms with E-state index in [4.69, 9.17) is 26.8 Å². The van der Waals surface area contributed by atoms with E-state index in [9.17, 15) is 0 Å². The minimum Gasteiger partial charge on any atom is -0.489 e. The van der Waals surface area contributed by atoms with Crippen LogP contribution in [0.15, 0.2) is 24.3 Å². The maximum Gasteiger partial charge on any atom is 0.121 e. The second-order valence-electron chi connectivity index (χ2n) is 4.83. The summed E-state index contributed by atoms with van der Waals surface area (Å²) >= 11 is 5.93. The zero-order chi connectivity index (χ0) is 13.0. The molecular weight excluding hydrogens is 250 g/mol. The van der Waals surface area contributed by atoms with E-state index in [1.807, 2.05) is 31.2 Å². The van der Waals surface area contributed by atoms with E-state index < -0.39 is 0 Å². The lowest BCUT2D eigenvalue weighted by atomic mass is 9.91. The predicted octanol–water partition coefficient (Wildman–Crippen LogP) is 2.86. The van der Waals surface area contributed by atoms with Gasteiger partial charge in [-0.3, -0.25) is 0 Å². The summed E-state index contributed by atoms with van der Waals surface area (Å²) in [5.74, 6) is 1.15. The number of nitrogens with two attached hydrogens (primary N) is 1. The fourth-order valence-corrected chi connectivity index (χ4v) is 2.47. The van der Waals surface area contributed by atoms with Gasteiger partial charge in [-0.15, -0.1) is 0 Å². The molecular formula is C14H20ClNO2. The first-order valence-corrected chi connectivity index (χ1v) is 6.80. The molecule has 1 aromatic carbocycles. The first-order chi connectivity index (χ1) is 8.66. The average molecular weight is 270 g/mol. The van der Waals surface area contributed by atoms with Crippen molar-refractivity contribution in [3.8, 4) is 5.75 Å². The topological polar surface area (TPSA) is 44.5 Å². The summed E-state index contributed by atoms with van der Waals surface area (Å²) in [5.41, 5.74) is 6.24. The normalized spacial score (nSPS) is 23.4. The van der Waals surface area contributed by atoms with Crippen LogP contribution in [-0.4, -0.2) is 25.4 Å². The largest absolute Gasteiger partial charge is 0.489 e. The molecule has 0 amide bonds. The second kappa shape index (κ2) is 6.41.